The van der Waals surface area contributed by atoms with Crippen LogP contribution in [0.15, 0.2) is 43.0 Å². The fraction of sp³-hybridized carbons (Fsp3) is 0.600. The average molecular weight is 302 g/mol. The van der Waals surface area contributed by atoms with Gasteiger partial charge in [0, 0.05) is 6.61 Å². The minimum atomic E-state index is 0.389. The molecular formula is C20H30O2. The Morgan fingerprint density at radius 3 is 2.73 bits per heavy atom. The lowest BCUT2D eigenvalue weighted by Gasteiger charge is -2.33. The van der Waals surface area contributed by atoms with Gasteiger partial charge < -0.3 is 9.47 Å². The van der Waals surface area contributed by atoms with Crippen LogP contribution in [-0.4, -0.2) is 18.8 Å². The van der Waals surface area contributed by atoms with E-state index in [1.54, 1.807) is 0 Å². The molecule has 0 bridgehead atoms. The second kappa shape index (κ2) is 9.81. The van der Waals surface area contributed by atoms with Crippen LogP contribution in [0, 0.1) is 5.92 Å². The number of rotatable bonds is 9. The second-order valence-corrected chi connectivity index (χ2v) is 6.52. The van der Waals surface area contributed by atoms with E-state index in [4.69, 9.17) is 9.47 Å². The summed E-state index contributed by atoms with van der Waals surface area (Å²) < 4.78 is 11.9. The van der Waals surface area contributed by atoms with Crippen molar-refractivity contribution in [3.63, 3.8) is 0 Å². The molecular weight excluding hydrogens is 272 g/mol. The fourth-order valence-electron chi connectivity index (χ4n) is 3.24. The van der Waals surface area contributed by atoms with Gasteiger partial charge in [-0.3, -0.25) is 0 Å². The fourth-order valence-corrected chi connectivity index (χ4v) is 3.24. The molecule has 1 aromatic carbocycles. The van der Waals surface area contributed by atoms with Crippen LogP contribution in [0.5, 0.6) is 0 Å². The molecule has 2 nitrogen and oxygen atoms in total. The molecule has 0 aliphatic carbocycles. The number of ether oxygens (including phenoxy) is 2. The number of unbranched alkanes of at least 4 members (excludes halogenated alkanes) is 1. The van der Waals surface area contributed by atoms with E-state index in [2.05, 4.69) is 37.8 Å². The molecule has 1 heterocycles. The number of benzene rings is 1. The molecule has 0 spiro atoms. The summed E-state index contributed by atoms with van der Waals surface area (Å²) in [4.78, 5) is 0. The van der Waals surface area contributed by atoms with Crippen LogP contribution in [-0.2, 0) is 16.1 Å². The minimum Gasteiger partial charge on any atom is -0.377 e. The molecule has 1 aromatic rings. The van der Waals surface area contributed by atoms with Crippen molar-refractivity contribution in [1.29, 1.82) is 0 Å². The Morgan fingerprint density at radius 2 is 1.95 bits per heavy atom. The van der Waals surface area contributed by atoms with E-state index in [1.807, 2.05) is 12.1 Å². The van der Waals surface area contributed by atoms with Crippen molar-refractivity contribution in [2.75, 3.05) is 6.61 Å². The highest BCUT2D eigenvalue weighted by atomic mass is 16.5. The minimum absolute atomic E-state index is 0.389. The van der Waals surface area contributed by atoms with Gasteiger partial charge in [0.15, 0.2) is 0 Å². The van der Waals surface area contributed by atoms with Crippen LogP contribution in [0.25, 0.3) is 0 Å². The van der Waals surface area contributed by atoms with E-state index >= 15 is 0 Å². The van der Waals surface area contributed by atoms with Crippen LogP contribution in [0.3, 0.4) is 0 Å². The highest BCUT2D eigenvalue weighted by molar-refractivity contribution is 5.13. The first-order chi connectivity index (χ1) is 10.8. The van der Waals surface area contributed by atoms with Gasteiger partial charge in [0.05, 0.1) is 18.8 Å². The third kappa shape index (κ3) is 6.33. The summed E-state index contributed by atoms with van der Waals surface area (Å²) in [5.41, 5.74) is 1.25. The van der Waals surface area contributed by atoms with Gasteiger partial charge >= 0.3 is 0 Å². The summed E-state index contributed by atoms with van der Waals surface area (Å²) in [5.74, 6) is 0.776. The normalized spacial score (nSPS) is 25.0. The van der Waals surface area contributed by atoms with E-state index in [-0.39, 0.29) is 0 Å². The predicted octanol–water partition coefficient (Wildman–Crippen LogP) is 5.13. The predicted molar refractivity (Wildman–Crippen MR) is 91.8 cm³/mol. The number of hydrogen-bond donors (Lipinski definition) is 0. The van der Waals surface area contributed by atoms with Gasteiger partial charge in [0.2, 0.25) is 0 Å². The van der Waals surface area contributed by atoms with Crippen molar-refractivity contribution in [2.45, 2.75) is 64.3 Å². The van der Waals surface area contributed by atoms with Crippen LogP contribution >= 0.6 is 0 Å². The summed E-state index contributed by atoms with van der Waals surface area (Å²) in [7, 11) is 0. The van der Waals surface area contributed by atoms with Gasteiger partial charge in [-0.05, 0) is 50.0 Å². The first kappa shape index (κ1) is 17.2. The molecule has 0 saturated carbocycles. The lowest BCUT2D eigenvalue weighted by Crippen LogP contribution is -2.31. The Hall–Kier alpha value is -1.12. The van der Waals surface area contributed by atoms with Crippen molar-refractivity contribution in [2.24, 2.45) is 5.92 Å². The standard InChI is InChI=1S/C20H30O2/c1-3-9-19-14-17(2)15-20(22-19)12-7-8-13-21-16-18-10-5-4-6-11-18/h3-6,10-11,17,19-20H,1,7-9,12-16H2,2H3/t17?,19-,20?/m0/s1. The Labute approximate surface area is 135 Å². The molecule has 3 atom stereocenters. The molecule has 0 radical (unpaired) electrons. The van der Waals surface area contributed by atoms with Crippen LogP contribution in [0.4, 0.5) is 0 Å². The summed E-state index contributed by atoms with van der Waals surface area (Å²) in [6.07, 6.45) is 9.65. The van der Waals surface area contributed by atoms with Crippen molar-refractivity contribution in [1.82, 2.24) is 0 Å². The van der Waals surface area contributed by atoms with E-state index in [9.17, 15) is 0 Å². The zero-order valence-corrected chi connectivity index (χ0v) is 13.9. The van der Waals surface area contributed by atoms with E-state index < -0.39 is 0 Å². The van der Waals surface area contributed by atoms with Crippen molar-refractivity contribution in [3.05, 3.63) is 48.6 Å². The van der Waals surface area contributed by atoms with Crippen molar-refractivity contribution < 1.29 is 9.47 Å². The summed E-state index contributed by atoms with van der Waals surface area (Å²) in [5, 5.41) is 0. The molecule has 1 aliphatic rings. The lowest BCUT2D eigenvalue weighted by molar-refractivity contribution is -0.0701. The molecule has 2 heteroatoms. The molecule has 122 valence electrons. The van der Waals surface area contributed by atoms with E-state index in [0.717, 1.165) is 38.4 Å². The maximum atomic E-state index is 6.16. The molecule has 22 heavy (non-hydrogen) atoms. The Morgan fingerprint density at radius 1 is 1.18 bits per heavy atom. The first-order valence-electron chi connectivity index (χ1n) is 8.66. The van der Waals surface area contributed by atoms with Gasteiger partial charge in [-0.1, -0.05) is 43.3 Å². The van der Waals surface area contributed by atoms with Gasteiger partial charge in [0.1, 0.15) is 0 Å². The van der Waals surface area contributed by atoms with Crippen LogP contribution < -0.4 is 0 Å². The highest BCUT2D eigenvalue weighted by Crippen LogP contribution is 2.28. The smallest absolute Gasteiger partial charge is 0.0716 e. The molecule has 2 rings (SSSR count). The summed E-state index contributed by atoms with van der Waals surface area (Å²) in [6.45, 7) is 7.73. The topological polar surface area (TPSA) is 18.5 Å². The largest absolute Gasteiger partial charge is 0.377 e. The maximum Gasteiger partial charge on any atom is 0.0716 e. The molecule has 1 aliphatic heterocycles. The Balaban J connectivity index is 1.55. The Bertz CT molecular complexity index is 415. The van der Waals surface area contributed by atoms with E-state index in [1.165, 1.54) is 24.8 Å². The average Bonchev–Trinajstić information content (AvgIpc) is 2.51. The molecule has 0 aromatic heterocycles. The summed E-state index contributed by atoms with van der Waals surface area (Å²) in [6, 6.07) is 10.4. The molecule has 1 fully saturated rings. The third-order valence-electron chi connectivity index (χ3n) is 4.32. The highest BCUT2D eigenvalue weighted by Gasteiger charge is 2.25. The Kier molecular flexibility index (Phi) is 7.68. The third-order valence-corrected chi connectivity index (χ3v) is 4.32. The van der Waals surface area contributed by atoms with Crippen molar-refractivity contribution in [3.8, 4) is 0 Å². The quantitative estimate of drug-likeness (QED) is 0.465. The monoisotopic (exact) mass is 302 g/mol. The lowest BCUT2D eigenvalue weighted by atomic mass is 9.90. The second-order valence-electron chi connectivity index (χ2n) is 6.52. The molecule has 2 unspecified atom stereocenters. The van der Waals surface area contributed by atoms with Gasteiger partial charge in [-0.15, -0.1) is 6.58 Å². The first-order valence-corrected chi connectivity index (χ1v) is 8.66. The SMILES string of the molecule is C=CC[C@H]1CC(C)CC(CCCCOCc2ccccc2)O1. The maximum absolute atomic E-state index is 6.16. The van der Waals surface area contributed by atoms with E-state index in [0.29, 0.717) is 12.2 Å². The van der Waals surface area contributed by atoms with Gasteiger partial charge in [-0.2, -0.15) is 0 Å². The molecule has 1 saturated heterocycles. The summed E-state index contributed by atoms with van der Waals surface area (Å²) >= 11 is 0. The zero-order valence-electron chi connectivity index (χ0n) is 13.9. The van der Waals surface area contributed by atoms with Crippen LogP contribution in [0.2, 0.25) is 0 Å². The van der Waals surface area contributed by atoms with Gasteiger partial charge in [0.25, 0.3) is 0 Å². The number of hydrogen-bond acceptors (Lipinski definition) is 2. The van der Waals surface area contributed by atoms with Crippen molar-refractivity contribution >= 4 is 0 Å². The molecule has 0 N–H and O–H groups in total. The van der Waals surface area contributed by atoms with Crippen LogP contribution in [0.1, 0.15) is 51.0 Å². The molecule has 0 amide bonds. The van der Waals surface area contributed by atoms with Gasteiger partial charge in [-0.25, -0.2) is 0 Å². The zero-order chi connectivity index (χ0) is 15.6.